The molecule has 0 saturated carbocycles. The van der Waals surface area contributed by atoms with Gasteiger partial charge in [0.15, 0.2) is 0 Å². The Balaban J connectivity index is 2.33. The van der Waals surface area contributed by atoms with E-state index in [9.17, 15) is 9.18 Å². The van der Waals surface area contributed by atoms with Crippen molar-refractivity contribution < 1.29 is 9.18 Å². The Kier molecular flexibility index (Phi) is 5.28. The summed E-state index contributed by atoms with van der Waals surface area (Å²) in [6.07, 6.45) is 0. The molecule has 3 nitrogen and oxygen atoms in total. The molecular formula is C18H21FN2O. The highest BCUT2D eigenvalue weighted by atomic mass is 19.1. The lowest BCUT2D eigenvalue weighted by Gasteiger charge is -2.23. The van der Waals surface area contributed by atoms with Crippen molar-refractivity contribution >= 4 is 5.91 Å². The molecule has 3 N–H and O–H groups in total. The van der Waals surface area contributed by atoms with Crippen LogP contribution in [0.15, 0.2) is 54.6 Å². The van der Waals surface area contributed by atoms with Crippen LogP contribution in [-0.2, 0) is 4.79 Å². The number of hydrogen-bond acceptors (Lipinski definition) is 2. The van der Waals surface area contributed by atoms with E-state index in [-0.39, 0.29) is 23.7 Å². The molecule has 0 aliphatic rings. The third-order valence-electron chi connectivity index (χ3n) is 3.80. The van der Waals surface area contributed by atoms with Crippen LogP contribution in [0.25, 0.3) is 0 Å². The van der Waals surface area contributed by atoms with Gasteiger partial charge in [-0.1, -0.05) is 49.4 Å². The average molecular weight is 300 g/mol. The van der Waals surface area contributed by atoms with Crippen LogP contribution in [0.3, 0.4) is 0 Å². The number of hydrogen-bond donors (Lipinski definition) is 2. The molecule has 2 rings (SSSR count). The molecule has 3 unspecified atom stereocenters. The van der Waals surface area contributed by atoms with E-state index >= 15 is 0 Å². The second-order valence-corrected chi connectivity index (χ2v) is 5.56. The first-order valence-electron chi connectivity index (χ1n) is 7.35. The molecule has 0 aliphatic heterocycles. The normalized spacial score (nSPS) is 14.9. The Morgan fingerprint density at radius 1 is 1.05 bits per heavy atom. The maximum Gasteiger partial charge on any atom is 0.225 e. The summed E-state index contributed by atoms with van der Waals surface area (Å²) in [6, 6.07) is 15.1. The van der Waals surface area contributed by atoms with Crippen LogP contribution >= 0.6 is 0 Å². The van der Waals surface area contributed by atoms with Crippen molar-refractivity contribution in [1.29, 1.82) is 0 Å². The highest BCUT2D eigenvalue weighted by Gasteiger charge is 2.22. The second-order valence-electron chi connectivity index (χ2n) is 5.56. The van der Waals surface area contributed by atoms with Crippen molar-refractivity contribution in [3.05, 3.63) is 71.5 Å². The first kappa shape index (κ1) is 16.2. The molecule has 0 aromatic heterocycles. The fraction of sp³-hybridized carbons (Fsp3) is 0.278. The Bertz CT molecular complexity index is 628. The van der Waals surface area contributed by atoms with Gasteiger partial charge in [-0.15, -0.1) is 0 Å². The van der Waals surface area contributed by atoms with Gasteiger partial charge in [-0.25, -0.2) is 4.39 Å². The van der Waals surface area contributed by atoms with Gasteiger partial charge in [0, 0.05) is 12.0 Å². The van der Waals surface area contributed by atoms with Crippen molar-refractivity contribution in [2.45, 2.75) is 25.9 Å². The van der Waals surface area contributed by atoms with E-state index in [1.807, 2.05) is 30.3 Å². The molecule has 0 bridgehead atoms. The highest BCUT2D eigenvalue weighted by molar-refractivity contribution is 5.79. The maximum absolute atomic E-state index is 13.5. The third kappa shape index (κ3) is 3.92. The minimum atomic E-state index is -0.398. The van der Waals surface area contributed by atoms with Gasteiger partial charge in [0.05, 0.1) is 6.04 Å². The summed E-state index contributed by atoms with van der Waals surface area (Å²) in [4.78, 5) is 12.3. The van der Waals surface area contributed by atoms with Gasteiger partial charge >= 0.3 is 0 Å². The van der Waals surface area contributed by atoms with E-state index in [0.717, 1.165) is 5.56 Å². The molecule has 0 radical (unpaired) electrons. The molecule has 2 aromatic carbocycles. The van der Waals surface area contributed by atoms with E-state index < -0.39 is 6.04 Å². The first-order chi connectivity index (χ1) is 10.5. The van der Waals surface area contributed by atoms with E-state index in [0.29, 0.717) is 5.56 Å². The zero-order chi connectivity index (χ0) is 16.1. The number of nitrogens with two attached hydrogens (primary N) is 1. The molecule has 0 fully saturated rings. The smallest absolute Gasteiger partial charge is 0.225 e. The summed E-state index contributed by atoms with van der Waals surface area (Å²) in [6.45, 7) is 3.58. The molecular weight excluding hydrogens is 279 g/mol. The Hall–Kier alpha value is -2.20. The van der Waals surface area contributed by atoms with Crippen molar-refractivity contribution in [3.8, 4) is 0 Å². The van der Waals surface area contributed by atoms with Gasteiger partial charge in [0.25, 0.3) is 0 Å². The second kappa shape index (κ2) is 7.18. The predicted octanol–water partition coefficient (Wildman–Crippen LogP) is 3.01. The van der Waals surface area contributed by atoms with E-state index in [2.05, 4.69) is 5.32 Å². The lowest BCUT2D eigenvalue weighted by atomic mass is 9.96. The van der Waals surface area contributed by atoms with E-state index in [1.165, 1.54) is 12.1 Å². The van der Waals surface area contributed by atoms with Crippen LogP contribution in [0, 0.1) is 11.7 Å². The minimum Gasteiger partial charge on any atom is -0.345 e. The summed E-state index contributed by atoms with van der Waals surface area (Å²) >= 11 is 0. The average Bonchev–Trinajstić information content (AvgIpc) is 2.52. The maximum atomic E-state index is 13.5. The number of nitrogens with one attached hydrogen (secondary N) is 1. The largest absolute Gasteiger partial charge is 0.345 e. The molecule has 0 spiro atoms. The SMILES string of the molecule is CC(N)C(C)C(=O)NC(c1ccccc1)c1cccc(F)c1. The van der Waals surface area contributed by atoms with E-state index in [1.54, 1.807) is 26.0 Å². The number of halogens is 1. The molecule has 22 heavy (non-hydrogen) atoms. The summed E-state index contributed by atoms with van der Waals surface area (Å²) in [5, 5.41) is 2.97. The Labute approximate surface area is 130 Å². The van der Waals surface area contributed by atoms with Crippen LogP contribution in [0.4, 0.5) is 4.39 Å². The molecule has 3 atom stereocenters. The standard InChI is InChI=1S/C18H21FN2O/c1-12(13(2)20)18(22)21-17(14-7-4-3-5-8-14)15-9-6-10-16(19)11-15/h3-13,17H,20H2,1-2H3,(H,21,22). The predicted molar refractivity (Wildman–Crippen MR) is 85.6 cm³/mol. The Morgan fingerprint density at radius 3 is 2.27 bits per heavy atom. The fourth-order valence-corrected chi connectivity index (χ4v) is 2.20. The molecule has 4 heteroatoms. The van der Waals surface area contributed by atoms with Crippen molar-refractivity contribution in [2.75, 3.05) is 0 Å². The summed E-state index contributed by atoms with van der Waals surface area (Å²) in [7, 11) is 0. The van der Waals surface area contributed by atoms with Crippen LogP contribution in [0.2, 0.25) is 0 Å². The topological polar surface area (TPSA) is 55.1 Å². The van der Waals surface area contributed by atoms with Gasteiger partial charge in [0.2, 0.25) is 5.91 Å². The highest BCUT2D eigenvalue weighted by Crippen LogP contribution is 2.23. The number of carbonyl (C=O) groups is 1. The van der Waals surface area contributed by atoms with Gasteiger partial charge < -0.3 is 11.1 Å². The molecule has 116 valence electrons. The lowest BCUT2D eigenvalue weighted by molar-refractivity contribution is -0.125. The number of rotatable bonds is 5. The first-order valence-corrected chi connectivity index (χ1v) is 7.35. The zero-order valence-corrected chi connectivity index (χ0v) is 12.8. The van der Waals surface area contributed by atoms with Gasteiger partial charge in [-0.2, -0.15) is 0 Å². The zero-order valence-electron chi connectivity index (χ0n) is 12.8. The molecule has 0 aliphatic carbocycles. The molecule has 0 heterocycles. The van der Waals surface area contributed by atoms with Gasteiger partial charge in [0.1, 0.15) is 5.82 Å². The number of carbonyl (C=O) groups excluding carboxylic acids is 1. The lowest BCUT2D eigenvalue weighted by Crippen LogP contribution is -2.40. The Morgan fingerprint density at radius 2 is 1.68 bits per heavy atom. The van der Waals surface area contributed by atoms with Crippen LogP contribution < -0.4 is 11.1 Å². The van der Waals surface area contributed by atoms with Crippen LogP contribution in [0.1, 0.15) is 31.0 Å². The van der Waals surface area contributed by atoms with Crippen molar-refractivity contribution in [1.82, 2.24) is 5.32 Å². The molecule has 0 saturated heterocycles. The summed E-state index contributed by atoms with van der Waals surface area (Å²) < 4.78 is 13.5. The molecule has 1 amide bonds. The summed E-state index contributed by atoms with van der Waals surface area (Å²) in [5.41, 5.74) is 7.40. The van der Waals surface area contributed by atoms with Crippen LogP contribution in [0.5, 0.6) is 0 Å². The fourth-order valence-electron chi connectivity index (χ4n) is 2.20. The minimum absolute atomic E-state index is 0.145. The third-order valence-corrected chi connectivity index (χ3v) is 3.80. The van der Waals surface area contributed by atoms with Crippen LogP contribution in [-0.4, -0.2) is 11.9 Å². The quantitative estimate of drug-likeness (QED) is 0.892. The molecule has 2 aromatic rings. The monoisotopic (exact) mass is 300 g/mol. The van der Waals surface area contributed by atoms with Gasteiger partial charge in [-0.05, 0) is 30.2 Å². The van der Waals surface area contributed by atoms with E-state index in [4.69, 9.17) is 5.73 Å². The number of amides is 1. The van der Waals surface area contributed by atoms with Gasteiger partial charge in [-0.3, -0.25) is 4.79 Å². The number of benzene rings is 2. The van der Waals surface area contributed by atoms with Crippen molar-refractivity contribution in [3.63, 3.8) is 0 Å². The van der Waals surface area contributed by atoms with Crippen molar-refractivity contribution in [2.24, 2.45) is 11.7 Å². The summed E-state index contributed by atoms with van der Waals surface area (Å²) in [5.74, 6) is -0.791.